The minimum absolute atomic E-state index is 0.0174. The van der Waals surface area contributed by atoms with Gasteiger partial charge in [0.1, 0.15) is 0 Å². The highest BCUT2D eigenvalue weighted by atomic mass is 15.0. The molecule has 0 bridgehead atoms. The van der Waals surface area contributed by atoms with Gasteiger partial charge in [0.15, 0.2) is 0 Å². The number of rotatable bonds is 1. The first-order valence-corrected chi connectivity index (χ1v) is 11.1. The number of aromatic nitrogens is 2. The molecule has 0 radical (unpaired) electrons. The summed E-state index contributed by atoms with van der Waals surface area (Å²) < 4.78 is 2.42. The summed E-state index contributed by atoms with van der Waals surface area (Å²) in [5.41, 5.74) is 9.22. The first kappa shape index (κ1) is 17.7. The largest absolute Gasteiger partial charge is 0.309 e. The SMILES string of the molecule is CC1(C)c2ccccc2-c2cc3c4ccccc4n(-c4ccc5cnccc5c4)c3cc21. The van der Waals surface area contributed by atoms with Crippen LogP contribution in [0.5, 0.6) is 0 Å². The van der Waals surface area contributed by atoms with Crippen LogP contribution in [0.3, 0.4) is 0 Å². The summed E-state index contributed by atoms with van der Waals surface area (Å²) in [6.07, 6.45) is 3.79. The lowest BCUT2D eigenvalue weighted by Gasteiger charge is -2.21. The summed E-state index contributed by atoms with van der Waals surface area (Å²) in [4.78, 5) is 4.27. The molecule has 0 aliphatic heterocycles. The van der Waals surface area contributed by atoms with Crippen molar-refractivity contribution in [3.05, 3.63) is 108 Å². The van der Waals surface area contributed by atoms with Crippen LogP contribution in [-0.2, 0) is 5.41 Å². The van der Waals surface area contributed by atoms with E-state index in [1.54, 1.807) is 0 Å². The summed E-state index contributed by atoms with van der Waals surface area (Å²) in [7, 11) is 0. The van der Waals surface area contributed by atoms with E-state index < -0.39 is 0 Å². The Kier molecular flexibility index (Phi) is 3.37. The molecule has 2 nitrogen and oxygen atoms in total. The van der Waals surface area contributed by atoms with Crippen LogP contribution in [0.4, 0.5) is 0 Å². The minimum atomic E-state index is -0.0174. The lowest BCUT2D eigenvalue weighted by atomic mass is 9.82. The average Bonchev–Trinajstić information content (AvgIpc) is 3.27. The molecule has 0 amide bonds. The average molecular weight is 411 g/mol. The van der Waals surface area contributed by atoms with Gasteiger partial charge in [0.2, 0.25) is 0 Å². The van der Waals surface area contributed by atoms with Crippen LogP contribution in [0, 0.1) is 0 Å². The normalized spacial score (nSPS) is 14.2. The Balaban J connectivity index is 1.61. The first-order chi connectivity index (χ1) is 15.6. The number of benzene rings is 4. The smallest absolute Gasteiger partial charge is 0.0544 e. The third kappa shape index (κ3) is 2.22. The summed E-state index contributed by atoms with van der Waals surface area (Å²) in [5, 5.41) is 4.97. The number of para-hydroxylation sites is 1. The van der Waals surface area contributed by atoms with Gasteiger partial charge in [0.25, 0.3) is 0 Å². The van der Waals surface area contributed by atoms with Crippen molar-refractivity contribution in [2.24, 2.45) is 0 Å². The molecule has 32 heavy (non-hydrogen) atoms. The summed E-state index contributed by atoms with van der Waals surface area (Å²) in [6.45, 7) is 4.69. The van der Waals surface area contributed by atoms with Crippen LogP contribution in [-0.4, -0.2) is 9.55 Å². The zero-order valence-electron chi connectivity index (χ0n) is 18.1. The van der Waals surface area contributed by atoms with Crippen molar-refractivity contribution in [3.8, 4) is 16.8 Å². The van der Waals surface area contributed by atoms with Crippen molar-refractivity contribution in [2.45, 2.75) is 19.3 Å². The highest BCUT2D eigenvalue weighted by Crippen LogP contribution is 2.50. The number of fused-ring (bicyclic) bond motifs is 7. The molecule has 4 aromatic carbocycles. The van der Waals surface area contributed by atoms with E-state index in [1.807, 2.05) is 12.4 Å². The molecule has 6 aromatic rings. The Morgan fingerprint density at radius 2 is 1.50 bits per heavy atom. The predicted octanol–water partition coefficient (Wildman–Crippen LogP) is 7.64. The summed E-state index contributed by atoms with van der Waals surface area (Å²) in [5.74, 6) is 0. The summed E-state index contributed by atoms with van der Waals surface area (Å²) in [6, 6.07) is 31.2. The van der Waals surface area contributed by atoms with Gasteiger partial charge in [-0.1, -0.05) is 62.4 Å². The van der Waals surface area contributed by atoms with Gasteiger partial charge in [-0.2, -0.15) is 0 Å². The van der Waals surface area contributed by atoms with Crippen LogP contribution in [0.15, 0.2) is 97.3 Å². The Bertz CT molecular complexity index is 1700. The van der Waals surface area contributed by atoms with Gasteiger partial charge in [-0.3, -0.25) is 4.98 Å². The second-order valence-corrected chi connectivity index (χ2v) is 9.35. The van der Waals surface area contributed by atoms with E-state index in [1.165, 1.54) is 55.1 Å². The van der Waals surface area contributed by atoms with E-state index in [4.69, 9.17) is 0 Å². The highest BCUT2D eigenvalue weighted by molar-refractivity contribution is 6.11. The molecule has 2 aromatic heterocycles. The van der Waals surface area contributed by atoms with Gasteiger partial charge < -0.3 is 4.57 Å². The van der Waals surface area contributed by atoms with E-state index >= 15 is 0 Å². The van der Waals surface area contributed by atoms with Crippen molar-refractivity contribution in [3.63, 3.8) is 0 Å². The molecule has 0 atom stereocenters. The molecule has 7 rings (SSSR count). The quantitative estimate of drug-likeness (QED) is 0.272. The Morgan fingerprint density at radius 1 is 0.656 bits per heavy atom. The maximum absolute atomic E-state index is 4.27. The number of pyridine rings is 1. The van der Waals surface area contributed by atoms with Crippen molar-refractivity contribution in [1.29, 1.82) is 0 Å². The Labute approximate surface area is 186 Å². The maximum atomic E-state index is 4.27. The van der Waals surface area contributed by atoms with E-state index in [0.717, 1.165) is 5.39 Å². The molecule has 0 fully saturated rings. The van der Waals surface area contributed by atoms with Crippen LogP contribution in [0.25, 0.3) is 49.4 Å². The van der Waals surface area contributed by atoms with Crippen molar-refractivity contribution in [1.82, 2.24) is 9.55 Å². The lowest BCUT2D eigenvalue weighted by molar-refractivity contribution is 0.661. The third-order valence-electron chi connectivity index (χ3n) is 7.26. The molecule has 1 aliphatic rings. The van der Waals surface area contributed by atoms with Gasteiger partial charge in [0, 0.05) is 39.7 Å². The monoisotopic (exact) mass is 410 g/mol. The fourth-order valence-corrected chi connectivity index (χ4v) is 5.65. The number of hydrogen-bond donors (Lipinski definition) is 0. The predicted molar refractivity (Wildman–Crippen MR) is 134 cm³/mol. The molecule has 1 aliphatic carbocycles. The highest BCUT2D eigenvalue weighted by Gasteiger charge is 2.36. The number of hydrogen-bond acceptors (Lipinski definition) is 1. The first-order valence-electron chi connectivity index (χ1n) is 11.1. The van der Waals surface area contributed by atoms with Gasteiger partial charge >= 0.3 is 0 Å². The molecule has 2 heterocycles. The molecular formula is C30H22N2. The van der Waals surface area contributed by atoms with E-state index in [0.29, 0.717) is 0 Å². The Morgan fingerprint density at radius 3 is 2.44 bits per heavy atom. The molecule has 0 spiro atoms. The van der Waals surface area contributed by atoms with Gasteiger partial charge in [-0.05, 0) is 64.0 Å². The second-order valence-electron chi connectivity index (χ2n) is 9.35. The van der Waals surface area contributed by atoms with Crippen LogP contribution < -0.4 is 0 Å². The topological polar surface area (TPSA) is 17.8 Å². The minimum Gasteiger partial charge on any atom is -0.309 e. The van der Waals surface area contributed by atoms with Gasteiger partial charge in [0.05, 0.1) is 11.0 Å². The molecular weight excluding hydrogens is 388 g/mol. The fraction of sp³-hybridized carbons (Fsp3) is 0.100. The van der Waals surface area contributed by atoms with Gasteiger partial charge in [-0.25, -0.2) is 0 Å². The summed E-state index contributed by atoms with van der Waals surface area (Å²) >= 11 is 0. The van der Waals surface area contributed by atoms with E-state index in [2.05, 4.69) is 108 Å². The van der Waals surface area contributed by atoms with Crippen LogP contribution >= 0.6 is 0 Å². The van der Waals surface area contributed by atoms with E-state index in [-0.39, 0.29) is 5.41 Å². The van der Waals surface area contributed by atoms with Gasteiger partial charge in [-0.15, -0.1) is 0 Å². The molecule has 0 unspecified atom stereocenters. The molecule has 152 valence electrons. The zero-order chi connectivity index (χ0) is 21.4. The molecule has 0 saturated heterocycles. The van der Waals surface area contributed by atoms with Crippen molar-refractivity contribution < 1.29 is 0 Å². The van der Waals surface area contributed by atoms with Crippen molar-refractivity contribution in [2.75, 3.05) is 0 Å². The maximum Gasteiger partial charge on any atom is 0.0544 e. The van der Waals surface area contributed by atoms with Crippen molar-refractivity contribution >= 4 is 32.6 Å². The Hall–Kier alpha value is -3.91. The molecule has 0 saturated carbocycles. The van der Waals surface area contributed by atoms with Crippen LogP contribution in [0.1, 0.15) is 25.0 Å². The third-order valence-corrected chi connectivity index (χ3v) is 7.26. The second kappa shape index (κ2) is 6.08. The number of nitrogens with zero attached hydrogens (tertiary/aromatic N) is 2. The standard InChI is InChI=1S/C30H22N2/c1-30(2)26-9-5-3-7-22(26)24-16-25-23-8-4-6-10-28(23)32(29(25)17-27(24)30)21-12-11-20-18-31-14-13-19(20)15-21/h3-18H,1-2H3. The fourth-order valence-electron chi connectivity index (χ4n) is 5.65. The zero-order valence-corrected chi connectivity index (χ0v) is 18.1. The lowest BCUT2D eigenvalue weighted by Crippen LogP contribution is -2.14. The van der Waals surface area contributed by atoms with Crippen LogP contribution in [0.2, 0.25) is 0 Å². The van der Waals surface area contributed by atoms with E-state index in [9.17, 15) is 0 Å². The molecule has 0 N–H and O–H groups in total. The molecule has 2 heteroatoms.